The topological polar surface area (TPSA) is 25.8 Å². The second-order valence-electron chi connectivity index (χ2n) is 8.14. The van der Waals surface area contributed by atoms with Crippen molar-refractivity contribution in [3.8, 4) is 0 Å². The minimum Gasteiger partial charge on any atom is -0.241 e. The van der Waals surface area contributed by atoms with E-state index in [9.17, 15) is 0 Å². The van der Waals surface area contributed by atoms with Gasteiger partial charge in [-0.1, -0.05) is 20.8 Å². The second-order valence-corrected chi connectivity index (χ2v) is 12.3. The quantitative estimate of drug-likeness (QED) is 0.260. The highest BCUT2D eigenvalue weighted by Crippen LogP contribution is 2.40. The summed E-state index contributed by atoms with van der Waals surface area (Å²) in [6.45, 7) is 6.76. The van der Waals surface area contributed by atoms with Gasteiger partial charge in [-0.05, 0) is 47.7 Å². The minimum atomic E-state index is 0.458. The van der Waals surface area contributed by atoms with Crippen LogP contribution in [0.2, 0.25) is 0 Å². The van der Waals surface area contributed by atoms with Crippen LogP contribution in [0, 0.1) is 0 Å². The van der Waals surface area contributed by atoms with E-state index in [-0.39, 0.29) is 0 Å². The first-order valence-electron chi connectivity index (χ1n) is 10.2. The molecule has 4 heterocycles. The van der Waals surface area contributed by atoms with Crippen LogP contribution in [0.4, 0.5) is 0 Å². The standard InChI is InChI=1S/C24H20N2S4/c1-12(2)24-26-17-5-4-16-22(23(17)30-24)29-21(25-16)10-13(3)20-11-15-14-8-9-27-18(14)6-7-19(15)28-20/h4-9,11-13H,10H2,1-3H3. The molecule has 0 saturated heterocycles. The van der Waals surface area contributed by atoms with Crippen LogP contribution < -0.4 is 0 Å². The van der Waals surface area contributed by atoms with Crippen molar-refractivity contribution in [1.82, 2.24) is 9.97 Å². The highest BCUT2D eigenvalue weighted by atomic mass is 32.1. The average Bonchev–Trinajstić information content (AvgIpc) is 3.49. The lowest BCUT2D eigenvalue weighted by molar-refractivity contribution is 0.771. The van der Waals surface area contributed by atoms with Crippen molar-refractivity contribution in [3.05, 3.63) is 56.7 Å². The minimum absolute atomic E-state index is 0.458. The van der Waals surface area contributed by atoms with Crippen molar-refractivity contribution in [2.24, 2.45) is 0 Å². The molecule has 6 rings (SSSR count). The molecule has 150 valence electrons. The zero-order valence-corrected chi connectivity index (χ0v) is 20.2. The molecule has 0 aliphatic carbocycles. The van der Waals surface area contributed by atoms with Gasteiger partial charge in [0.05, 0.1) is 30.4 Å². The van der Waals surface area contributed by atoms with Gasteiger partial charge in [0.25, 0.3) is 0 Å². The van der Waals surface area contributed by atoms with E-state index in [0.29, 0.717) is 11.8 Å². The fourth-order valence-corrected chi connectivity index (χ4v) is 8.27. The van der Waals surface area contributed by atoms with Crippen LogP contribution in [-0.2, 0) is 6.42 Å². The number of benzene rings is 2. The van der Waals surface area contributed by atoms with E-state index in [2.05, 4.69) is 62.5 Å². The third-order valence-corrected chi connectivity index (χ3v) is 10.4. The molecule has 30 heavy (non-hydrogen) atoms. The van der Waals surface area contributed by atoms with E-state index in [4.69, 9.17) is 9.97 Å². The van der Waals surface area contributed by atoms with Crippen LogP contribution in [0.5, 0.6) is 0 Å². The van der Waals surface area contributed by atoms with E-state index in [0.717, 1.165) is 17.5 Å². The van der Waals surface area contributed by atoms with Gasteiger partial charge < -0.3 is 0 Å². The Morgan fingerprint density at radius 1 is 0.800 bits per heavy atom. The molecule has 2 nitrogen and oxygen atoms in total. The van der Waals surface area contributed by atoms with Gasteiger partial charge in [0.15, 0.2) is 0 Å². The molecule has 0 N–H and O–H groups in total. The Hall–Kier alpha value is -1.86. The predicted octanol–water partition coefficient (Wildman–Crippen LogP) is 8.80. The molecule has 2 aromatic carbocycles. The van der Waals surface area contributed by atoms with Gasteiger partial charge in [-0.3, -0.25) is 0 Å². The van der Waals surface area contributed by atoms with Gasteiger partial charge in [-0.25, -0.2) is 9.97 Å². The number of hydrogen-bond acceptors (Lipinski definition) is 6. The van der Waals surface area contributed by atoms with Crippen LogP contribution >= 0.6 is 45.3 Å². The van der Waals surface area contributed by atoms with Crippen molar-refractivity contribution in [2.75, 3.05) is 0 Å². The largest absolute Gasteiger partial charge is 0.241 e. The van der Waals surface area contributed by atoms with Crippen LogP contribution in [0.15, 0.2) is 41.8 Å². The summed E-state index contributed by atoms with van der Waals surface area (Å²) in [5.41, 5.74) is 2.23. The molecule has 0 spiro atoms. The van der Waals surface area contributed by atoms with Gasteiger partial charge in [0.1, 0.15) is 0 Å². The Balaban J connectivity index is 1.36. The van der Waals surface area contributed by atoms with Crippen molar-refractivity contribution in [1.29, 1.82) is 0 Å². The average molecular weight is 465 g/mol. The Labute approximate surface area is 190 Å². The molecule has 6 heteroatoms. The molecule has 0 amide bonds. The molecule has 0 bridgehead atoms. The maximum atomic E-state index is 4.98. The van der Waals surface area contributed by atoms with Gasteiger partial charge in [0.2, 0.25) is 0 Å². The fraction of sp³-hybridized carbons (Fsp3) is 0.250. The van der Waals surface area contributed by atoms with Crippen LogP contribution in [-0.4, -0.2) is 9.97 Å². The lowest BCUT2D eigenvalue weighted by Gasteiger charge is -2.05. The summed E-state index contributed by atoms with van der Waals surface area (Å²) in [6.07, 6.45) is 0.982. The summed E-state index contributed by atoms with van der Waals surface area (Å²) in [7, 11) is 0. The first kappa shape index (κ1) is 18.9. The Morgan fingerprint density at radius 3 is 2.40 bits per heavy atom. The smallest absolute Gasteiger partial charge is 0.0964 e. The summed E-state index contributed by atoms with van der Waals surface area (Å²) < 4.78 is 5.37. The maximum Gasteiger partial charge on any atom is 0.0964 e. The van der Waals surface area contributed by atoms with E-state index >= 15 is 0 Å². The Morgan fingerprint density at radius 2 is 1.57 bits per heavy atom. The number of fused-ring (bicyclic) bond motifs is 6. The first-order chi connectivity index (χ1) is 14.6. The molecule has 0 aliphatic rings. The van der Waals surface area contributed by atoms with Crippen molar-refractivity contribution >= 4 is 86.0 Å². The van der Waals surface area contributed by atoms with Gasteiger partial charge in [0, 0.05) is 37.4 Å². The molecule has 1 unspecified atom stereocenters. The fourth-order valence-electron chi connectivity index (χ4n) is 3.96. The number of thiazole rings is 2. The maximum absolute atomic E-state index is 4.98. The predicted molar refractivity (Wildman–Crippen MR) is 136 cm³/mol. The van der Waals surface area contributed by atoms with Crippen LogP contribution in [0.25, 0.3) is 40.6 Å². The van der Waals surface area contributed by atoms with Gasteiger partial charge in [-0.2, -0.15) is 0 Å². The van der Waals surface area contributed by atoms with Crippen molar-refractivity contribution in [2.45, 2.75) is 39.0 Å². The van der Waals surface area contributed by atoms with Gasteiger partial charge in [-0.15, -0.1) is 45.3 Å². The van der Waals surface area contributed by atoms with E-state index in [1.807, 2.05) is 45.3 Å². The number of rotatable bonds is 4. The molecular weight excluding hydrogens is 445 g/mol. The molecule has 0 fully saturated rings. The molecule has 1 atom stereocenters. The normalized spacial score (nSPS) is 13.5. The molecular formula is C24H20N2S4. The van der Waals surface area contributed by atoms with Crippen molar-refractivity contribution in [3.63, 3.8) is 0 Å². The zero-order chi connectivity index (χ0) is 20.4. The lowest BCUT2D eigenvalue weighted by Crippen LogP contribution is -1.95. The van der Waals surface area contributed by atoms with Crippen molar-refractivity contribution < 1.29 is 0 Å². The monoisotopic (exact) mass is 464 g/mol. The summed E-state index contributed by atoms with van der Waals surface area (Å²) in [5, 5.41) is 7.42. The highest BCUT2D eigenvalue weighted by molar-refractivity contribution is 7.26. The Kier molecular flexibility index (Phi) is 4.46. The summed E-state index contributed by atoms with van der Waals surface area (Å²) in [5.74, 6) is 0.923. The summed E-state index contributed by atoms with van der Waals surface area (Å²) in [4.78, 5) is 11.3. The van der Waals surface area contributed by atoms with E-state index in [1.165, 1.54) is 44.5 Å². The molecule has 6 aromatic rings. The first-order valence-corrected chi connectivity index (χ1v) is 13.5. The van der Waals surface area contributed by atoms with Gasteiger partial charge >= 0.3 is 0 Å². The molecule has 0 saturated carbocycles. The number of nitrogens with zero attached hydrogens (tertiary/aromatic N) is 2. The lowest BCUT2D eigenvalue weighted by atomic mass is 10.1. The van der Waals surface area contributed by atoms with E-state index in [1.54, 1.807) is 0 Å². The Bertz CT molecular complexity index is 1530. The summed E-state index contributed by atoms with van der Waals surface area (Å²) in [6, 6.07) is 13.5. The number of aromatic nitrogens is 2. The molecule has 4 aromatic heterocycles. The SMILES string of the molecule is CC(C)c1nc2ccc3nc(CC(C)c4cc5c(ccc6sccc65)s4)sc3c2s1. The number of thiophene rings is 2. The molecule has 0 radical (unpaired) electrons. The number of hydrogen-bond donors (Lipinski definition) is 0. The third kappa shape index (κ3) is 3.01. The highest BCUT2D eigenvalue weighted by Gasteiger charge is 2.17. The second kappa shape index (κ2) is 7.09. The van der Waals surface area contributed by atoms with Crippen LogP contribution in [0.1, 0.15) is 47.5 Å². The third-order valence-electron chi connectivity index (χ3n) is 5.58. The van der Waals surface area contributed by atoms with Crippen LogP contribution in [0.3, 0.4) is 0 Å². The summed E-state index contributed by atoms with van der Waals surface area (Å²) >= 11 is 7.44. The molecule has 0 aliphatic heterocycles. The van der Waals surface area contributed by atoms with E-state index < -0.39 is 0 Å². The zero-order valence-electron chi connectivity index (χ0n) is 16.9.